The molecule has 15 heavy (non-hydrogen) atoms. The molecule has 0 saturated carbocycles. The summed E-state index contributed by atoms with van der Waals surface area (Å²) in [4.78, 5) is 21.6. The second kappa shape index (κ2) is 7.04. The van der Waals surface area contributed by atoms with Crippen molar-refractivity contribution in [2.45, 2.75) is 27.2 Å². The van der Waals surface area contributed by atoms with Gasteiger partial charge in [-0.15, -0.1) is 0 Å². The van der Waals surface area contributed by atoms with E-state index in [4.69, 9.17) is 4.74 Å². The van der Waals surface area contributed by atoms with Crippen molar-refractivity contribution in [1.82, 2.24) is 0 Å². The van der Waals surface area contributed by atoms with Crippen molar-refractivity contribution in [3.05, 3.63) is 12.2 Å². The Morgan fingerprint density at radius 3 is 2.20 bits per heavy atom. The Morgan fingerprint density at radius 2 is 1.73 bits per heavy atom. The molecule has 0 atom stereocenters. The summed E-state index contributed by atoms with van der Waals surface area (Å²) >= 11 is 0. The Morgan fingerprint density at radius 1 is 1.20 bits per heavy atom. The number of hydrogen-bond acceptors (Lipinski definition) is 4. The van der Waals surface area contributed by atoms with Crippen LogP contribution in [0.3, 0.4) is 0 Å². The summed E-state index contributed by atoms with van der Waals surface area (Å²) in [6, 6.07) is 0. The molecule has 0 N–H and O–H groups in total. The van der Waals surface area contributed by atoms with Gasteiger partial charge in [0, 0.05) is 12.5 Å². The van der Waals surface area contributed by atoms with Gasteiger partial charge >= 0.3 is 11.9 Å². The summed E-state index contributed by atoms with van der Waals surface area (Å²) in [5.74, 6) is -0.429. The van der Waals surface area contributed by atoms with Gasteiger partial charge in [0.2, 0.25) is 0 Å². The normalized spacial score (nSPS) is 9.87. The SMILES string of the molecule is C=C(CC(C)C)C(=O)OCCOC(C)=O. The van der Waals surface area contributed by atoms with Gasteiger partial charge in [-0.05, 0) is 12.3 Å². The van der Waals surface area contributed by atoms with E-state index in [0.717, 1.165) is 0 Å². The van der Waals surface area contributed by atoms with Gasteiger partial charge in [-0.25, -0.2) is 4.79 Å². The van der Waals surface area contributed by atoms with Crippen LogP contribution >= 0.6 is 0 Å². The van der Waals surface area contributed by atoms with E-state index in [9.17, 15) is 9.59 Å². The third-order valence-corrected chi connectivity index (χ3v) is 1.57. The third-order valence-electron chi connectivity index (χ3n) is 1.57. The average Bonchev–Trinajstić information content (AvgIpc) is 2.10. The standard InChI is InChI=1S/C11H18O4/c1-8(2)7-9(3)11(13)15-6-5-14-10(4)12/h8H,3,5-7H2,1-2,4H3. The lowest BCUT2D eigenvalue weighted by atomic mass is 10.1. The molecule has 0 aliphatic heterocycles. The van der Waals surface area contributed by atoms with E-state index in [1.807, 2.05) is 13.8 Å². The molecule has 0 fully saturated rings. The molecule has 0 bridgehead atoms. The van der Waals surface area contributed by atoms with Crippen LogP contribution in [-0.2, 0) is 19.1 Å². The van der Waals surface area contributed by atoms with Gasteiger partial charge < -0.3 is 9.47 Å². The van der Waals surface area contributed by atoms with Crippen molar-refractivity contribution >= 4 is 11.9 Å². The molecule has 0 spiro atoms. The molecule has 0 amide bonds. The summed E-state index contributed by atoms with van der Waals surface area (Å²) in [7, 11) is 0. The van der Waals surface area contributed by atoms with Crippen LogP contribution in [-0.4, -0.2) is 25.2 Å². The maximum absolute atomic E-state index is 11.3. The molecule has 0 saturated heterocycles. The number of ether oxygens (including phenoxy) is 2. The quantitative estimate of drug-likeness (QED) is 0.383. The van der Waals surface area contributed by atoms with E-state index < -0.39 is 5.97 Å². The fraction of sp³-hybridized carbons (Fsp3) is 0.636. The van der Waals surface area contributed by atoms with Gasteiger partial charge in [-0.1, -0.05) is 20.4 Å². The highest BCUT2D eigenvalue weighted by atomic mass is 16.6. The average molecular weight is 214 g/mol. The Bertz CT molecular complexity index is 243. The fourth-order valence-electron chi connectivity index (χ4n) is 0.998. The van der Waals surface area contributed by atoms with E-state index in [-0.39, 0.29) is 19.2 Å². The van der Waals surface area contributed by atoms with E-state index >= 15 is 0 Å². The second-order valence-corrected chi connectivity index (χ2v) is 3.68. The van der Waals surface area contributed by atoms with Crippen LogP contribution in [0.2, 0.25) is 0 Å². The lowest BCUT2D eigenvalue weighted by Crippen LogP contribution is -2.14. The van der Waals surface area contributed by atoms with E-state index in [1.165, 1.54) is 6.92 Å². The zero-order valence-corrected chi connectivity index (χ0v) is 9.54. The summed E-state index contributed by atoms with van der Waals surface area (Å²) in [5, 5.41) is 0. The molecule has 0 rings (SSSR count). The van der Waals surface area contributed by atoms with Crippen LogP contribution in [0.15, 0.2) is 12.2 Å². The van der Waals surface area contributed by atoms with E-state index in [2.05, 4.69) is 11.3 Å². The van der Waals surface area contributed by atoms with Gasteiger partial charge in [0.15, 0.2) is 0 Å². The van der Waals surface area contributed by atoms with Crippen LogP contribution in [0.25, 0.3) is 0 Å². The molecule has 0 aliphatic rings. The molecule has 0 unspecified atom stereocenters. The lowest BCUT2D eigenvalue weighted by molar-refractivity contribution is -0.148. The van der Waals surface area contributed by atoms with Gasteiger partial charge in [0.25, 0.3) is 0 Å². The van der Waals surface area contributed by atoms with E-state index in [0.29, 0.717) is 17.9 Å². The van der Waals surface area contributed by atoms with E-state index in [1.54, 1.807) is 0 Å². The first-order chi connectivity index (χ1) is 6.93. The Labute approximate surface area is 90.2 Å². The van der Waals surface area contributed by atoms with Crippen LogP contribution in [0.4, 0.5) is 0 Å². The van der Waals surface area contributed by atoms with Crippen molar-refractivity contribution < 1.29 is 19.1 Å². The topological polar surface area (TPSA) is 52.6 Å². The minimum absolute atomic E-state index is 0.0789. The summed E-state index contributed by atoms with van der Waals surface area (Å²) in [6.07, 6.45) is 0.617. The van der Waals surface area contributed by atoms with Crippen molar-refractivity contribution in [3.8, 4) is 0 Å². The number of carbonyl (C=O) groups excluding carboxylic acids is 2. The number of carbonyl (C=O) groups is 2. The second-order valence-electron chi connectivity index (χ2n) is 3.68. The molecule has 0 aromatic carbocycles. The number of esters is 2. The highest BCUT2D eigenvalue weighted by Crippen LogP contribution is 2.09. The van der Waals surface area contributed by atoms with Crippen LogP contribution in [0.1, 0.15) is 27.2 Å². The van der Waals surface area contributed by atoms with Crippen molar-refractivity contribution in [1.29, 1.82) is 0 Å². The maximum atomic E-state index is 11.3. The van der Waals surface area contributed by atoms with Crippen molar-refractivity contribution in [3.63, 3.8) is 0 Å². The van der Waals surface area contributed by atoms with Gasteiger partial charge in [-0.3, -0.25) is 4.79 Å². The largest absolute Gasteiger partial charge is 0.462 e. The predicted octanol–water partition coefficient (Wildman–Crippen LogP) is 1.70. The first-order valence-corrected chi connectivity index (χ1v) is 4.91. The molecule has 0 aromatic heterocycles. The highest BCUT2D eigenvalue weighted by molar-refractivity contribution is 5.87. The lowest BCUT2D eigenvalue weighted by Gasteiger charge is -2.08. The molecule has 0 heterocycles. The van der Waals surface area contributed by atoms with Gasteiger partial charge in [0.05, 0.1) is 0 Å². The maximum Gasteiger partial charge on any atom is 0.333 e. The Kier molecular flexibility index (Phi) is 6.42. The molecule has 0 radical (unpaired) electrons. The zero-order chi connectivity index (χ0) is 11.8. The Hall–Kier alpha value is -1.32. The van der Waals surface area contributed by atoms with Crippen molar-refractivity contribution in [2.24, 2.45) is 5.92 Å². The predicted molar refractivity (Wildman–Crippen MR) is 56.2 cm³/mol. The molecule has 4 heteroatoms. The summed E-state index contributed by atoms with van der Waals surface area (Å²) in [6.45, 7) is 9.10. The van der Waals surface area contributed by atoms with Gasteiger partial charge in [0.1, 0.15) is 13.2 Å². The molecule has 4 nitrogen and oxygen atoms in total. The van der Waals surface area contributed by atoms with Crippen LogP contribution in [0.5, 0.6) is 0 Å². The first-order valence-electron chi connectivity index (χ1n) is 4.91. The fourth-order valence-corrected chi connectivity index (χ4v) is 0.998. The molecule has 0 aliphatic carbocycles. The number of rotatable bonds is 6. The van der Waals surface area contributed by atoms with Crippen LogP contribution in [0, 0.1) is 5.92 Å². The Balaban J connectivity index is 3.65. The van der Waals surface area contributed by atoms with Gasteiger partial charge in [-0.2, -0.15) is 0 Å². The van der Waals surface area contributed by atoms with Crippen molar-refractivity contribution in [2.75, 3.05) is 13.2 Å². The molecule has 86 valence electrons. The molecular weight excluding hydrogens is 196 g/mol. The summed E-state index contributed by atoms with van der Waals surface area (Å²) < 4.78 is 9.45. The monoisotopic (exact) mass is 214 g/mol. The number of hydrogen-bond donors (Lipinski definition) is 0. The third kappa shape index (κ3) is 7.73. The summed E-state index contributed by atoms with van der Waals surface area (Å²) in [5.41, 5.74) is 0.452. The minimum atomic E-state index is -0.421. The van der Waals surface area contributed by atoms with Crippen LogP contribution < -0.4 is 0 Å². The minimum Gasteiger partial charge on any atom is -0.462 e. The first kappa shape index (κ1) is 13.7. The molecular formula is C11H18O4. The highest BCUT2D eigenvalue weighted by Gasteiger charge is 2.09. The zero-order valence-electron chi connectivity index (χ0n) is 9.54. The smallest absolute Gasteiger partial charge is 0.333 e. The molecule has 0 aromatic rings.